The van der Waals surface area contributed by atoms with Gasteiger partial charge < -0.3 is 4.90 Å². The van der Waals surface area contributed by atoms with E-state index in [0.29, 0.717) is 17.8 Å². The first-order chi connectivity index (χ1) is 12.6. The summed E-state index contributed by atoms with van der Waals surface area (Å²) in [4.78, 5) is 33.1. The van der Waals surface area contributed by atoms with Crippen LogP contribution in [-0.4, -0.2) is 25.7 Å². The second kappa shape index (κ2) is 7.98. The average Bonchev–Trinajstić information content (AvgIpc) is 2.69. The number of aromatic nitrogens is 2. The summed E-state index contributed by atoms with van der Waals surface area (Å²) in [6.45, 7) is 0.537. The number of nitrogens with zero attached hydrogens (tertiary/aromatic N) is 4. The molecule has 0 unspecified atom stereocenters. The fraction of sp³-hybridized carbons (Fsp3) is 0.105. The second-order valence-corrected chi connectivity index (χ2v) is 5.61. The molecule has 0 spiro atoms. The normalized spacial score (nSPS) is 10.3. The zero-order valence-electron chi connectivity index (χ0n) is 13.9. The van der Waals surface area contributed by atoms with Gasteiger partial charge in [-0.3, -0.25) is 24.9 Å². The van der Waals surface area contributed by atoms with Crippen molar-refractivity contribution in [2.75, 3.05) is 0 Å². The van der Waals surface area contributed by atoms with E-state index in [1.807, 2.05) is 24.3 Å². The molecule has 7 heteroatoms. The van der Waals surface area contributed by atoms with Crippen LogP contribution in [0.3, 0.4) is 0 Å². The number of nitro groups is 1. The van der Waals surface area contributed by atoms with Gasteiger partial charge in [0.15, 0.2) is 0 Å². The lowest BCUT2D eigenvalue weighted by atomic mass is 10.2. The Morgan fingerprint density at radius 1 is 0.923 bits per heavy atom. The van der Waals surface area contributed by atoms with Crippen LogP contribution in [0, 0.1) is 10.1 Å². The molecule has 26 heavy (non-hydrogen) atoms. The Kier molecular flexibility index (Phi) is 5.28. The number of hydrogen-bond acceptors (Lipinski definition) is 5. The van der Waals surface area contributed by atoms with Gasteiger partial charge in [-0.25, -0.2) is 0 Å². The highest BCUT2D eigenvalue weighted by Gasteiger charge is 2.18. The summed E-state index contributed by atoms with van der Waals surface area (Å²) in [6, 6.07) is 17.4. The van der Waals surface area contributed by atoms with E-state index in [1.165, 1.54) is 12.3 Å². The van der Waals surface area contributed by atoms with E-state index in [9.17, 15) is 14.9 Å². The van der Waals surface area contributed by atoms with Crippen LogP contribution in [0.4, 0.5) is 5.69 Å². The van der Waals surface area contributed by atoms with E-state index in [0.717, 1.165) is 5.69 Å². The largest absolute Gasteiger partial charge is 0.327 e. The van der Waals surface area contributed by atoms with Gasteiger partial charge in [0.1, 0.15) is 6.20 Å². The van der Waals surface area contributed by atoms with Gasteiger partial charge >= 0.3 is 0 Å². The Bertz CT molecular complexity index is 884. The Balaban J connectivity index is 1.84. The van der Waals surface area contributed by atoms with Crippen molar-refractivity contribution in [3.8, 4) is 0 Å². The molecule has 2 heterocycles. The predicted octanol–water partition coefficient (Wildman–Crippen LogP) is 3.23. The van der Waals surface area contributed by atoms with Gasteiger partial charge in [0.2, 0.25) is 0 Å². The van der Waals surface area contributed by atoms with E-state index < -0.39 is 4.92 Å². The van der Waals surface area contributed by atoms with Crippen molar-refractivity contribution in [3.63, 3.8) is 0 Å². The molecule has 3 rings (SSSR count). The van der Waals surface area contributed by atoms with Crippen LogP contribution in [0.5, 0.6) is 0 Å². The number of carbonyl (C=O) groups is 1. The molecule has 3 aromatic rings. The standard InChI is InChI=1S/C19H16N4O3/c24-19(15-6-2-1-3-7-15)22(13-16-8-4-5-11-20-16)14-17-9-10-18(12-21-17)23(25)26/h1-12H,13-14H2. The Morgan fingerprint density at radius 3 is 2.19 bits per heavy atom. The summed E-state index contributed by atoms with van der Waals surface area (Å²) in [5.74, 6) is -0.156. The van der Waals surface area contributed by atoms with Crippen LogP contribution in [0.2, 0.25) is 0 Å². The third-order valence-electron chi connectivity index (χ3n) is 3.76. The van der Waals surface area contributed by atoms with Crippen LogP contribution < -0.4 is 0 Å². The maximum atomic E-state index is 12.9. The van der Waals surface area contributed by atoms with Crippen LogP contribution in [-0.2, 0) is 13.1 Å². The molecule has 0 aliphatic carbocycles. The molecule has 0 saturated carbocycles. The van der Waals surface area contributed by atoms with Crippen LogP contribution in [0.1, 0.15) is 21.7 Å². The minimum absolute atomic E-state index is 0.0839. The molecule has 0 bridgehead atoms. The zero-order chi connectivity index (χ0) is 18.4. The van der Waals surface area contributed by atoms with Crippen molar-refractivity contribution >= 4 is 11.6 Å². The molecule has 1 amide bonds. The summed E-state index contributed by atoms with van der Waals surface area (Å²) >= 11 is 0. The highest BCUT2D eigenvalue weighted by molar-refractivity contribution is 5.94. The monoisotopic (exact) mass is 348 g/mol. The van der Waals surface area contributed by atoms with Gasteiger partial charge in [-0.05, 0) is 30.3 Å². The average molecular weight is 348 g/mol. The Labute approximate surface area is 150 Å². The number of amides is 1. The van der Waals surface area contributed by atoms with Crippen LogP contribution in [0.25, 0.3) is 0 Å². The third-order valence-corrected chi connectivity index (χ3v) is 3.76. The lowest BCUT2D eigenvalue weighted by molar-refractivity contribution is -0.385. The molecule has 0 aliphatic heterocycles. The lowest BCUT2D eigenvalue weighted by Crippen LogP contribution is -2.30. The first kappa shape index (κ1) is 17.2. The number of hydrogen-bond donors (Lipinski definition) is 0. The van der Waals surface area contributed by atoms with E-state index in [4.69, 9.17) is 0 Å². The van der Waals surface area contributed by atoms with Crippen molar-refractivity contribution in [3.05, 3.63) is 100 Å². The maximum Gasteiger partial charge on any atom is 0.287 e. The maximum absolute atomic E-state index is 12.9. The Morgan fingerprint density at radius 2 is 1.62 bits per heavy atom. The molecular formula is C19H16N4O3. The minimum atomic E-state index is -0.502. The highest BCUT2D eigenvalue weighted by Crippen LogP contribution is 2.14. The molecule has 0 atom stereocenters. The molecule has 130 valence electrons. The fourth-order valence-corrected chi connectivity index (χ4v) is 2.46. The molecule has 2 aromatic heterocycles. The minimum Gasteiger partial charge on any atom is -0.327 e. The van der Waals surface area contributed by atoms with Crippen molar-refractivity contribution in [2.24, 2.45) is 0 Å². The smallest absolute Gasteiger partial charge is 0.287 e. The van der Waals surface area contributed by atoms with Crippen molar-refractivity contribution < 1.29 is 9.72 Å². The summed E-state index contributed by atoms with van der Waals surface area (Å²) in [6.07, 6.45) is 2.87. The number of pyridine rings is 2. The second-order valence-electron chi connectivity index (χ2n) is 5.61. The topological polar surface area (TPSA) is 89.2 Å². The van der Waals surface area contributed by atoms with Gasteiger partial charge in [-0.1, -0.05) is 24.3 Å². The first-order valence-corrected chi connectivity index (χ1v) is 7.97. The molecule has 1 aromatic carbocycles. The van der Waals surface area contributed by atoms with Gasteiger partial charge in [0.05, 0.1) is 29.4 Å². The van der Waals surface area contributed by atoms with Crippen molar-refractivity contribution in [1.82, 2.24) is 14.9 Å². The fourth-order valence-electron chi connectivity index (χ4n) is 2.46. The molecular weight excluding hydrogens is 332 g/mol. The molecule has 0 saturated heterocycles. The highest BCUT2D eigenvalue weighted by atomic mass is 16.6. The summed E-state index contributed by atoms with van der Waals surface area (Å²) in [7, 11) is 0. The Hall–Kier alpha value is -3.61. The van der Waals surface area contributed by atoms with E-state index in [-0.39, 0.29) is 18.1 Å². The zero-order valence-corrected chi connectivity index (χ0v) is 13.9. The summed E-state index contributed by atoms with van der Waals surface area (Å²) < 4.78 is 0. The predicted molar refractivity (Wildman–Crippen MR) is 95.1 cm³/mol. The van der Waals surface area contributed by atoms with Gasteiger partial charge in [0, 0.05) is 17.8 Å². The third kappa shape index (κ3) is 4.27. The van der Waals surface area contributed by atoms with Crippen molar-refractivity contribution in [2.45, 2.75) is 13.1 Å². The first-order valence-electron chi connectivity index (χ1n) is 7.97. The molecule has 0 fully saturated rings. The number of rotatable bonds is 6. The molecule has 0 aliphatic rings. The van der Waals surface area contributed by atoms with Gasteiger partial charge in [0.25, 0.3) is 11.6 Å². The van der Waals surface area contributed by atoms with E-state index in [2.05, 4.69) is 9.97 Å². The van der Waals surface area contributed by atoms with Gasteiger partial charge in [-0.2, -0.15) is 0 Å². The lowest BCUT2D eigenvalue weighted by Gasteiger charge is -2.22. The van der Waals surface area contributed by atoms with Crippen LogP contribution in [0.15, 0.2) is 73.1 Å². The number of benzene rings is 1. The van der Waals surface area contributed by atoms with Crippen molar-refractivity contribution in [1.29, 1.82) is 0 Å². The molecule has 7 nitrogen and oxygen atoms in total. The van der Waals surface area contributed by atoms with E-state index in [1.54, 1.807) is 41.4 Å². The SMILES string of the molecule is O=C(c1ccccc1)N(Cc1ccccn1)Cc1ccc([N+](=O)[O-])cn1. The number of carbonyl (C=O) groups excluding carboxylic acids is 1. The van der Waals surface area contributed by atoms with Gasteiger partial charge in [-0.15, -0.1) is 0 Å². The summed E-state index contributed by atoms with van der Waals surface area (Å²) in [5.41, 5.74) is 1.79. The quantitative estimate of drug-likeness (QED) is 0.504. The molecule has 0 N–H and O–H groups in total. The molecule has 0 radical (unpaired) electrons. The van der Waals surface area contributed by atoms with Crippen LogP contribution >= 0.6 is 0 Å². The summed E-state index contributed by atoms with van der Waals surface area (Å²) in [5, 5.41) is 10.8. The van der Waals surface area contributed by atoms with E-state index >= 15 is 0 Å².